The Hall–Kier alpha value is -2.86. The third kappa shape index (κ3) is 5.01. The molecule has 0 atom stereocenters. The predicted octanol–water partition coefficient (Wildman–Crippen LogP) is 5.30. The second-order valence-electron chi connectivity index (χ2n) is 11.1. The number of carbonyl (C=O) groups is 1. The van der Waals surface area contributed by atoms with E-state index in [0.29, 0.717) is 17.9 Å². The van der Waals surface area contributed by atoms with Crippen molar-refractivity contribution in [3.8, 4) is 0 Å². The average molecular weight is 488 g/mol. The third-order valence-corrected chi connectivity index (χ3v) is 7.98. The molecule has 6 heteroatoms. The molecule has 0 radical (unpaired) electrons. The van der Waals surface area contributed by atoms with Gasteiger partial charge in [-0.25, -0.2) is 4.98 Å². The zero-order valence-electron chi connectivity index (χ0n) is 22.4. The number of fused-ring (bicyclic) bond motifs is 1. The van der Waals surface area contributed by atoms with Crippen LogP contribution in [0.4, 0.5) is 5.69 Å². The maximum absolute atomic E-state index is 13.4. The molecule has 3 heterocycles. The number of imidazole rings is 1. The second kappa shape index (κ2) is 10.6. The van der Waals surface area contributed by atoms with Gasteiger partial charge >= 0.3 is 0 Å². The molecule has 2 aliphatic rings. The molecule has 0 unspecified atom stereocenters. The number of amides is 1. The van der Waals surface area contributed by atoms with Crippen LogP contribution in [0.5, 0.6) is 0 Å². The van der Waals surface area contributed by atoms with Gasteiger partial charge in [0, 0.05) is 43.8 Å². The van der Waals surface area contributed by atoms with Gasteiger partial charge in [-0.3, -0.25) is 9.69 Å². The first-order valence-corrected chi connectivity index (χ1v) is 13.7. The number of hydrogen-bond donors (Lipinski definition) is 0. The van der Waals surface area contributed by atoms with Gasteiger partial charge < -0.3 is 14.4 Å². The number of carbonyl (C=O) groups excluding carboxylic acids is 1. The Morgan fingerprint density at radius 2 is 1.56 bits per heavy atom. The third-order valence-electron chi connectivity index (χ3n) is 7.98. The molecule has 1 aromatic heterocycles. The molecule has 2 saturated heterocycles. The highest BCUT2D eigenvalue weighted by molar-refractivity contribution is 5.79. The second-order valence-corrected chi connectivity index (χ2v) is 11.1. The van der Waals surface area contributed by atoms with E-state index in [1.807, 2.05) is 0 Å². The van der Waals surface area contributed by atoms with Gasteiger partial charge in [-0.2, -0.15) is 0 Å². The van der Waals surface area contributed by atoms with Crippen LogP contribution in [-0.4, -0.2) is 64.5 Å². The van der Waals surface area contributed by atoms with Crippen molar-refractivity contribution in [1.29, 1.82) is 0 Å². The molecular formula is C30H41N5O. The molecule has 0 spiro atoms. The van der Waals surface area contributed by atoms with E-state index in [1.165, 1.54) is 16.8 Å². The van der Waals surface area contributed by atoms with E-state index in [9.17, 15) is 4.79 Å². The van der Waals surface area contributed by atoms with Crippen molar-refractivity contribution >= 4 is 22.6 Å². The Morgan fingerprint density at radius 1 is 0.889 bits per heavy atom. The first-order valence-electron chi connectivity index (χ1n) is 13.7. The summed E-state index contributed by atoms with van der Waals surface area (Å²) in [5, 5.41) is 0. The number of anilines is 1. The minimum absolute atomic E-state index is 0.152. The molecule has 0 bridgehead atoms. The quantitative estimate of drug-likeness (QED) is 0.473. The number of nitrogens with zero attached hydrogens (tertiary/aromatic N) is 5. The molecule has 1 amide bonds. The van der Waals surface area contributed by atoms with Gasteiger partial charge in [0.1, 0.15) is 5.82 Å². The smallest absolute Gasteiger partial charge is 0.225 e. The Morgan fingerprint density at radius 3 is 2.25 bits per heavy atom. The van der Waals surface area contributed by atoms with E-state index in [2.05, 4.69) is 95.5 Å². The largest absolute Gasteiger partial charge is 0.368 e. The van der Waals surface area contributed by atoms with Crippen molar-refractivity contribution in [3.63, 3.8) is 0 Å². The molecule has 36 heavy (non-hydrogen) atoms. The van der Waals surface area contributed by atoms with Crippen molar-refractivity contribution in [2.24, 2.45) is 5.92 Å². The van der Waals surface area contributed by atoms with Crippen LogP contribution in [0.3, 0.4) is 0 Å². The van der Waals surface area contributed by atoms with E-state index >= 15 is 0 Å². The molecule has 0 saturated carbocycles. The molecule has 3 aromatic rings. The van der Waals surface area contributed by atoms with Gasteiger partial charge in [0.05, 0.1) is 17.6 Å². The van der Waals surface area contributed by atoms with Gasteiger partial charge in [0.2, 0.25) is 5.91 Å². The lowest BCUT2D eigenvalue weighted by molar-refractivity contribution is -0.137. The number of piperazine rings is 1. The highest BCUT2D eigenvalue weighted by atomic mass is 16.2. The Labute approximate surface area is 215 Å². The summed E-state index contributed by atoms with van der Waals surface area (Å²) in [4.78, 5) is 25.4. The highest BCUT2D eigenvalue weighted by Crippen LogP contribution is 2.29. The van der Waals surface area contributed by atoms with Crippen LogP contribution in [0.1, 0.15) is 63.9 Å². The van der Waals surface area contributed by atoms with E-state index < -0.39 is 0 Å². The summed E-state index contributed by atoms with van der Waals surface area (Å²) >= 11 is 0. The lowest BCUT2D eigenvalue weighted by Gasteiger charge is -2.40. The van der Waals surface area contributed by atoms with Crippen LogP contribution in [0.15, 0.2) is 48.5 Å². The van der Waals surface area contributed by atoms with Crippen LogP contribution in [-0.2, 0) is 11.3 Å². The molecule has 2 aliphatic heterocycles. The zero-order valence-corrected chi connectivity index (χ0v) is 22.4. The summed E-state index contributed by atoms with van der Waals surface area (Å²) in [6.07, 6.45) is 1.88. The molecule has 192 valence electrons. The van der Waals surface area contributed by atoms with Crippen LogP contribution < -0.4 is 4.90 Å². The predicted molar refractivity (Wildman–Crippen MR) is 147 cm³/mol. The van der Waals surface area contributed by atoms with Gasteiger partial charge in [-0.1, -0.05) is 44.2 Å². The standard InChI is InChI=1S/C30H41N5O/c1-22(2)25-9-5-7-11-27(25)33-17-19-34(20-18-33)30(36)24-13-15-32(16-14-24)21-29-31-26-10-6-8-12-28(26)35(29)23(3)4/h5-12,22-24H,13-21H2,1-4H3. The molecule has 2 aromatic carbocycles. The molecule has 0 aliphatic carbocycles. The molecule has 6 nitrogen and oxygen atoms in total. The van der Waals surface area contributed by atoms with Crippen molar-refractivity contribution in [1.82, 2.24) is 19.4 Å². The Kier molecular flexibility index (Phi) is 7.33. The average Bonchev–Trinajstić information content (AvgIpc) is 3.27. The van der Waals surface area contributed by atoms with Crippen molar-refractivity contribution < 1.29 is 4.79 Å². The van der Waals surface area contributed by atoms with E-state index in [1.54, 1.807) is 0 Å². The van der Waals surface area contributed by atoms with Crippen LogP contribution >= 0.6 is 0 Å². The Balaban J connectivity index is 1.16. The van der Waals surface area contributed by atoms with E-state index in [0.717, 1.165) is 70.0 Å². The summed E-state index contributed by atoms with van der Waals surface area (Å²) in [6, 6.07) is 17.5. The summed E-state index contributed by atoms with van der Waals surface area (Å²) < 4.78 is 2.36. The summed E-state index contributed by atoms with van der Waals surface area (Å²) in [6.45, 7) is 15.2. The van der Waals surface area contributed by atoms with E-state index in [-0.39, 0.29) is 5.92 Å². The number of rotatable bonds is 6. The lowest BCUT2D eigenvalue weighted by atomic mass is 9.94. The fourth-order valence-electron chi connectivity index (χ4n) is 6.01. The maximum Gasteiger partial charge on any atom is 0.225 e. The zero-order chi connectivity index (χ0) is 25.2. The molecule has 0 N–H and O–H groups in total. The number of piperidine rings is 1. The number of para-hydroxylation sites is 3. The highest BCUT2D eigenvalue weighted by Gasteiger charge is 2.31. The molecule has 2 fully saturated rings. The Bertz CT molecular complexity index is 1180. The SMILES string of the molecule is CC(C)c1ccccc1N1CCN(C(=O)C2CCN(Cc3nc4ccccc4n3C(C)C)CC2)CC1. The first kappa shape index (κ1) is 24.8. The normalized spacial score (nSPS) is 18.1. The van der Waals surface area contributed by atoms with Crippen LogP contribution in [0.2, 0.25) is 0 Å². The lowest BCUT2D eigenvalue weighted by Crippen LogP contribution is -2.51. The number of likely N-dealkylation sites (tertiary alicyclic amines) is 1. The van der Waals surface area contributed by atoms with Crippen molar-refractivity contribution in [2.75, 3.05) is 44.2 Å². The first-order chi connectivity index (χ1) is 17.4. The fourth-order valence-corrected chi connectivity index (χ4v) is 6.01. The maximum atomic E-state index is 13.4. The van der Waals surface area contributed by atoms with Crippen molar-refractivity contribution in [3.05, 3.63) is 59.9 Å². The van der Waals surface area contributed by atoms with Gasteiger partial charge in [0.15, 0.2) is 0 Å². The van der Waals surface area contributed by atoms with Crippen LogP contribution in [0.25, 0.3) is 11.0 Å². The van der Waals surface area contributed by atoms with E-state index in [4.69, 9.17) is 4.98 Å². The molecule has 5 rings (SSSR count). The number of hydrogen-bond acceptors (Lipinski definition) is 4. The molecular weight excluding hydrogens is 446 g/mol. The number of benzene rings is 2. The van der Waals surface area contributed by atoms with Crippen molar-refractivity contribution in [2.45, 2.75) is 59.0 Å². The van der Waals surface area contributed by atoms with Crippen LogP contribution in [0, 0.1) is 5.92 Å². The monoisotopic (exact) mass is 487 g/mol. The van der Waals surface area contributed by atoms with Gasteiger partial charge in [-0.15, -0.1) is 0 Å². The van der Waals surface area contributed by atoms with Gasteiger partial charge in [-0.05, 0) is 69.5 Å². The summed E-state index contributed by atoms with van der Waals surface area (Å²) in [7, 11) is 0. The minimum Gasteiger partial charge on any atom is -0.368 e. The van der Waals surface area contributed by atoms with Gasteiger partial charge in [0.25, 0.3) is 0 Å². The fraction of sp³-hybridized carbons (Fsp3) is 0.533. The summed E-state index contributed by atoms with van der Waals surface area (Å²) in [5.41, 5.74) is 5.01. The number of aromatic nitrogens is 2. The minimum atomic E-state index is 0.152. The summed E-state index contributed by atoms with van der Waals surface area (Å²) in [5.74, 6) is 2.15. The topological polar surface area (TPSA) is 44.6 Å².